The lowest BCUT2D eigenvalue weighted by atomic mass is 9.78. The van der Waals surface area contributed by atoms with E-state index >= 15 is 0 Å². The minimum atomic E-state index is -0.315. The lowest BCUT2D eigenvalue weighted by Crippen LogP contribution is -2.44. The fourth-order valence-electron chi connectivity index (χ4n) is 3.22. The average Bonchev–Trinajstić information content (AvgIpc) is 2.90. The summed E-state index contributed by atoms with van der Waals surface area (Å²) >= 11 is 1.93. The van der Waals surface area contributed by atoms with Crippen LogP contribution >= 0.6 is 22.6 Å². The Morgan fingerprint density at radius 3 is 2.65 bits per heavy atom. The van der Waals surface area contributed by atoms with Gasteiger partial charge in [0.05, 0.1) is 0 Å². The van der Waals surface area contributed by atoms with Crippen LogP contribution < -0.4 is 5.32 Å². The fraction of sp³-hybridized carbons (Fsp3) is 0.533. The number of amides is 1. The van der Waals surface area contributed by atoms with E-state index in [4.69, 9.17) is 0 Å². The quantitative estimate of drug-likeness (QED) is 0.751. The highest BCUT2D eigenvalue weighted by Gasteiger charge is 2.38. The Morgan fingerprint density at radius 2 is 2.05 bits per heavy atom. The molecule has 0 aliphatic carbocycles. The van der Waals surface area contributed by atoms with Gasteiger partial charge >= 0.3 is 0 Å². The van der Waals surface area contributed by atoms with Crippen LogP contribution in [0.3, 0.4) is 0 Å². The SMILES string of the molecule is O=C(c1ccc(I)c(F)c1)N1CCC2(CCNC2)CC1. The van der Waals surface area contributed by atoms with E-state index in [-0.39, 0.29) is 11.7 Å². The number of hydrogen-bond donors (Lipinski definition) is 1. The Bertz CT molecular complexity index is 519. The third kappa shape index (κ3) is 2.70. The molecule has 0 saturated carbocycles. The normalized spacial score (nSPS) is 21.4. The van der Waals surface area contributed by atoms with Gasteiger partial charge in [-0.2, -0.15) is 0 Å². The number of hydrogen-bond acceptors (Lipinski definition) is 2. The summed E-state index contributed by atoms with van der Waals surface area (Å²) in [5.74, 6) is -0.356. The summed E-state index contributed by atoms with van der Waals surface area (Å²) in [6.07, 6.45) is 3.32. The number of nitrogens with zero attached hydrogens (tertiary/aromatic N) is 1. The molecule has 0 unspecified atom stereocenters. The molecule has 2 aliphatic rings. The summed E-state index contributed by atoms with van der Waals surface area (Å²) in [6.45, 7) is 3.74. The zero-order chi connectivity index (χ0) is 14.2. The number of carbonyl (C=O) groups excluding carboxylic acids is 1. The molecule has 2 aliphatic heterocycles. The second-order valence-electron chi connectivity index (χ2n) is 5.85. The van der Waals surface area contributed by atoms with Crippen molar-refractivity contribution in [2.24, 2.45) is 5.41 Å². The first-order valence-electron chi connectivity index (χ1n) is 7.05. The summed E-state index contributed by atoms with van der Waals surface area (Å²) in [7, 11) is 0. The number of piperidine rings is 1. The second-order valence-corrected chi connectivity index (χ2v) is 7.01. The Kier molecular flexibility index (Phi) is 3.99. The Morgan fingerprint density at radius 1 is 1.30 bits per heavy atom. The van der Waals surface area contributed by atoms with Crippen molar-refractivity contribution in [3.05, 3.63) is 33.1 Å². The van der Waals surface area contributed by atoms with E-state index in [2.05, 4.69) is 5.32 Å². The molecule has 1 amide bonds. The average molecular weight is 388 g/mol. The van der Waals surface area contributed by atoms with E-state index in [1.54, 1.807) is 12.1 Å². The van der Waals surface area contributed by atoms with Crippen molar-refractivity contribution in [3.8, 4) is 0 Å². The second kappa shape index (κ2) is 5.60. The fourth-order valence-corrected chi connectivity index (χ4v) is 3.55. The minimum absolute atomic E-state index is 0.0406. The molecular weight excluding hydrogens is 370 g/mol. The largest absolute Gasteiger partial charge is 0.339 e. The van der Waals surface area contributed by atoms with Gasteiger partial charge in [0.15, 0.2) is 0 Å². The van der Waals surface area contributed by atoms with Crippen LogP contribution in [0.1, 0.15) is 29.6 Å². The topological polar surface area (TPSA) is 32.3 Å². The molecule has 2 saturated heterocycles. The molecule has 2 fully saturated rings. The van der Waals surface area contributed by atoms with Crippen LogP contribution in [0.4, 0.5) is 4.39 Å². The van der Waals surface area contributed by atoms with E-state index in [1.807, 2.05) is 27.5 Å². The summed E-state index contributed by atoms with van der Waals surface area (Å²) in [6, 6.07) is 4.73. The van der Waals surface area contributed by atoms with Crippen LogP contribution in [0.15, 0.2) is 18.2 Å². The summed E-state index contributed by atoms with van der Waals surface area (Å²) in [5.41, 5.74) is 0.858. The first kappa shape index (κ1) is 14.3. The molecule has 20 heavy (non-hydrogen) atoms. The van der Waals surface area contributed by atoms with Crippen molar-refractivity contribution in [1.29, 1.82) is 0 Å². The predicted molar refractivity (Wildman–Crippen MR) is 84.2 cm³/mol. The van der Waals surface area contributed by atoms with Crippen molar-refractivity contribution in [3.63, 3.8) is 0 Å². The Balaban J connectivity index is 1.68. The smallest absolute Gasteiger partial charge is 0.253 e. The van der Waals surface area contributed by atoms with Crippen LogP contribution in [0.2, 0.25) is 0 Å². The minimum Gasteiger partial charge on any atom is -0.339 e. The van der Waals surface area contributed by atoms with Crippen LogP contribution in [0, 0.1) is 14.8 Å². The van der Waals surface area contributed by atoms with Crippen LogP contribution in [0.25, 0.3) is 0 Å². The Hall–Kier alpha value is -0.690. The summed E-state index contributed by atoms with van der Waals surface area (Å²) in [5, 5.41) is 3.42. The van der Waals surface area contributed by atoms with Crippen LogP contribution in [-0.2, 0) is 0 Å². The van der Waals surface area contributed by atoms with Gasteiger partial charge in [-0.05, 0) is 72.0 Å². The molecule has 3 rings (SSSR count). The predicted octanol–water partition coefficient (Wildman–Crippen LogP) is 2.65. The van der Waals surface area contributed by atoms with E-state index in [1.165, 1.54) is 12.5 Å². The van der Waals surface area contributed by atoms with E-state index in [0.29, 0.717) is 14.5 Å². The molecule has 1 spiro atoms. The van der Waals surface area contributed by atoms with Crippen molar-refractivity contribution < 1.29 is 9.18 Å². The third-order valence-corrected chi connectivity index (χ3v) is 5.48. The van der Waals surface area contributed by atoms with Crippen LogP contribution in [-0.4, -0.2) is 37.0 Å². The number of benzene rings is 1. The lowest BCUT2D eigenvalue weighted by Gasteiger charge is -2.38. The van der Waals surface area contributed by atoms with Gasteiger partial charge in [-0.3, -0.25) is 4.79 Å². The van der Waals surface area contributed by atoms with E-state index < -0.39 is 0 Å². The first-order chi connectivity index (χ1) is 9.60. The van der Waals surface area contributed by atoms with Crippen molar-refractivity contribution >= 4 is 28.5 Å². The summed E-state index contributed by atoms with van der Waals surface area (Å²) in [4.78, 5) is 14.3. The van der Waals surface area contributed by atoms with Gasteiger partial charge in [-0.25, -0.2) is 4.39 Å². The first-order valence-corrected chi connectivity index (χ1v) is 8.13. The highest BCUT2D eigenvalue weighted by Crippen LogP contribution is 2.37. The van der Waals surface area contributed by atoms with Crippen molar-refractivity contribution in [2.45, 2.75) is 19.3 Å². The maximum Gasteiger partial charge on any atom is 0.253 e. The van der Waals surface area contributed by atoms with E-state index in [0.717, 1.165) is 39.0 Å². The molecule has 0 aromatic heterocycles. The maximum absolute atomic E-state index is 13.6. The molecule has 3 nitrogen and oxygen atoms in total. The number of nitrogens with one attached hydrogen (secondary N) is 1. The number of likely N-dealkylation sites (tertiary alicyclic amines) is 1. The summed E-state index contributed by atoms with van der Waals surface area (Å²) < 4.78 is 14.1. The monoisotopic (exact) mass is 388 g/mol. The standard InChI is InChI=1S/C15H18FIN2O/c16-12-9-11(1-2-13(12)17)14(20)19-7-4-15(5-8-19)3-6-18-10-15/h1-2,9,18H,3-8,10H2. The third-order valence-electron chi connectivity index (χ3n) is 4.61. The molecule has 0 bridgehead atoms. The van der Waals surface area contributed by atoms with Crippen molar-refractivity contribution in [2.75, 3.05) is 26.2 Å². The van der Waals surface area contributed by atoms with Gasteiger partial charge in [0.2, 0.25) is 0 Å². The molecular formula is C15H18FIN2O. The van der Waals surface area contributed by atoms with Gasteiger partial charge in [0.1, 0.15) is 5.82 Å². The zero-order valence-electron chi connectivity index (χ0n) is 11.3. The molecule has 1 aromatic rings. The Labute approximate surface area is 132 Å². The van der Waals surface area contributed by atoms with Crippen molar-refractivity contribution in [1.82, 2.24) is 10.2 Å². The van der Waals surface area contributed by atoms with Gasteiger partial charge in [-0.15, -0.1) is 0 Å². The zero-order valence-corrected chi connectivity index (χ0v) is 13.5. The highest BCUT2D eigenvalue weighted by atomic mass is 127. The van der Waals surface area contributed by atoms with Crippen LogP contribution in [0.5, 0.6) is 0 Å². The lowest BCUT2D eigenvalue weighted by molar-refractivity contribution is 0.0607. The molecule has 0 radical (unpaired) electrons. The van der Waals surface area contributed by atoms with Gasteiger partial charge in [0.25, 0.3) is 5.91 Å². The molecule has 1 N–H and O–H groups in total. The maximum atomic E-state index is 13.6. The van der Waals surface area contributed by atoms with Gasteiger partial charge in [0, 0.05) is 28.8 Å². The molecule has 5 heteroatoms. The van der Waals surface area contributed by atoms with E-state index in [9.17, 15) is 9.18 Å². The van der Waals surface area contributed by atoms with Gasteiger partial charge in [-0.1, -0.05) is 0 Å². The van der Waals surface area contributed by atoms with Gasteiger partial charge < -0.3 is 10.2 Å². The molecule has 2 heterocycles. The highest BCUT2D eigenvalue weighted by molar-refractivity contribution is 14.1. The number of carbonyl (C=O) groups is 1. The molecule has 108 valence electrons. The molecule has 0 atom stereocenters. The number of rotatable bonds is 1. The number of halogens is 2. The molecule has 1 aromatic carbocycles.